The Labute approximate surface area is 146 Å². The minimum atomic E-state index is 0.0632. The van der Waals surface area contributed by atoms with Crippen molar-refractivity contribution in [1.29, 1.82) is 5.41 Å². The van der Waals surface area contributed by atoms with Crippen LogP contribution in [0.3, 0.4) is 0 Å². The molecule has 0 amide bonds. The van der Waals surface area contributed by atoms with Gasteiger partial charge in [0.15, 0.2) is 5.78 Å². The van der Waals surface area contributed by atoms with Crippen molar-refractivity contribution < 1.29 is 9.59 Å². The molecule has 5 N–H and O–H groups in total. The number of Topliss-reactive ketones (excluding diaryl/α,β-unsaturated/α-hetero) is 2. The third kappa shape index (κ3) is 11.2. The molecular weight excluding hydrogens is 304 g/mol. The molecule has 0 aliphatic carbocycles. The van der Waals surface area contributed by atoms with E-state index in [4.69, 9.17) is 16.9 Å². The van der Waals surface area contributed by atoms with E-state index in [2.05, 4.69) is 18.4 Å². The quantitative estimate of drug-likeness (QED) is 0.293. The molecule has 0 saturated heterocycles. The summed E-state index contributed by atoms with van der Waals surface area (Å²) in [5.41, 5.74) is 11.9. The number of allylic oxidation sites excluding steroid dienone is 1. The summed E-state index contributed by atoms with van der Waals surface area (Å²) >= 11 is 0. The summed E-state index contributed by atoms with van der Waals surface area (Å²) in [6, 6.07) is 0. The molecular formula is C18H34N4O2. The van der Waals surface area contributed by atoms with Gasteiger partial charge in [0.05, 0.1) is 0 Å². The Kier molecular flexibility index (Phi) is 13.2. The summed E-state index contributed by atoms with van der Waals surface area (Å²) in [4.78, 5) is 26.1. The van der Waals surface area contributed by atoms with E-state index in [0.717, 1.165) is 19.4 Å². The third-order valence-corrected chi connectivity index (χ3v) is 3.84. The largest absolute Gasteiger partial charge is 0.330 e. The maximum absolute atomic E-state index is 12.0. The molecule has 0 aliphatic rings. The second-order valence-electron chi connectivity index (χ2n) is 6.12. The molecule has 0 aromatic rings. The van der Waals surface area contributed by atoms with Crippen LogP contribution in [-0.4, -0.2) is 54.9 Å². The van der Waals surface area contributed by atoms with Crippen molar-refractivity contribution in [2.75, 3.05) is 32.7 Å². The first-order valence-corrected chi connectivity index (χ1v) is 8.86. The summed E-state index contributed by atoms with van der Waals surface area (Å²) in [5.74, 6) is 0.147. The van der Waals surface area contributed by atoms with Crippen LogP contribution in [0.15, 0.2) is 12.2 Å². The van der Waals surface area contributed by atoms with E-state index in [0.29, 0.717) is 63.1 Å². The van der Waals surface area contributed by atoms with Crippen LogP contribution in [0.1, 0.15) is 51.9 Å². The van der Waals surface area contributed by atoms with E-state index in [1.165, 1.54) is 0 Å². The Morgan fingerprint density at radius 2 is 1.67 bits per heavy atom. The van der Waals surface area contributed by atoms with E-state index in [9.17, 15) is 9.59 Å². The SMILES string of the molecule is C=C(CCCN)C(=O)CCN(CCC)CCC(=O)CC(=N)CCN. The number of nitrogens with one attached hydrogen (secondary N) is 1. The van der Waals surface area contributed by atoms with Gasteiger partial charge < -0.3 is 21.8 Å². The number of nitrogens with zero attached hydrogens (tertiary/aromatic N) is 1. The highest BCUT2D eigenvalue weighted by atomic mass is 16.1. The summed E-state index contributed by atoms with van der Waals surface area (Å²) in [5, 5.41) is 7.65. The first-order valence-electron chi connectivity index (χ1n) is 8.86. The summed E-state index contributed by atoms with van der Waals surface area (Å²) in [6.07, 6.45) is 3.92. The van der Waals surface area contributed by atoms with Gasteiger partial charge in [0.1, 0.15) is 5.78 Å². The molecule has 0 radical (unpaired) electrons. The van der Waals surface area contributed by atoms with E-state index < -0.39 is 0 Å². The molecule has 6 nitrogen and oxygen atoms in total. The van der Waals surface area contributed by atoms with Gasteiger partial charge >= 0.3 is 0 Å². The van der Waals surface area contributed by atoms with Crippen LogP contribution in [-0.2, 0) is 9.59 Å². The molecule has 0 unspecified atom stereocenters. The van der Waals surface area contributed by atoms with Crippen molar-refractivity contribution in [2.24, 2.45) is 11.5 Å². The first-order chi connectivity index (χ1) is 11.4. The number of hydrogen-bond donors (Lipinski definition) is 3. The monoisotopic (exact) mass is 338 g/mol. The molecule has 0 fully saturated rings. The lowest BCUT2D eigenvalue weighted by Gasteiger charge is -2.21. The average molecular weight is 338 g/mol. The Morgan fingerprint density at radius 1 is 1.00 bits per heavy atom. The van der Waals surface area contributed by atoms with Crippen molar-refractivity contribution in [3.63, 3.8) is 0 Å². The summed E-state index contributed by atoms with van der Waals surface area (Å²) in [6.45, 7) is 9.01. The van der Waals surface area contributed by atoms with Crippen LogP contribution < -0.4 is 11.5 Å². The van der Waals surface area contributed by atoms with Crippen LogP contribution in [0.25, 0.3) is 0 Å². The number of rotatable bonds is 16. The van der Waals surface area contributed by atoms with Crippen LogP contribution >= 0.6 is 0 Å². The van der Waals surface area contributed by atoms with E-state index in [1.54, 1.807) is 0 Å². The molecule has 138 valence electrons. The highest BCUT2D eigenvalue weighted by molar-refractivity contribution is 6.00. The molecule has 0 aromatic carbocycles. The Balaban J connectivity index is 4.20. The molecule has 0 aromatic heterocycles. The molecule has 0 aliphatic heterocycles. The zero-order valence-corrected chi connectivity index (χ0v) is 15.1. The lowest BCUT2D eigenvalue weighted by Crippen LogP contribution is -2.30. The lowest BCUT2D eigenvalue weighted by molar-refractivity contribution is -0.118. The topological polar surface area (TPSA) is 113 Å². The zero-order chi connectivity index (χ0) is 18.4. The fourth-order valence-corrected chi connectivity index (χ4v) is 2.41. The number of ketones is 2. The number of nitrogens with two attached hydrogens (primary N) is 2. The lowest BCUT2D eigenvalue weighted by atomic mass is 10.0. The predicted octanol–water partition coefficient (Wildman–Crippen LogP) is 1.67. The third-order valence-electron chi connectivity index (χ3n) is 3.84. The van der Waals surface area contributed by atoms with Crippen LogP contribution in [0.5, 0.6) is 0 Å². The zero-order valence-electron chi connectivity index (χ0n) is 15.1. The van der Waals surface area contributed by atoms with Gasteiger partial charge in [-0.3, -0.25) is 9.59 Å². The van der Waals surface area contributed by atoms with Gasteiger partial charge in [-0.05, 0) is 50.9 Å². The molecule has 0 spiro atoms. The fourth-order valence-electron chi connectivity index (χ4n) is 2.41. The number of carbonyl (C=O) groups is 2. The molecule has 0 rings (SSSR count). The van der Waals surface area contributed by atoms with E-state index in [1.807, 2.05) is 0 Å². The first kappa shape index (κ1) is 22.6. The maximum atomic E-state index is 12.0. The fraction of sp³-hybridized carbons (Fsp3) is 0.722. The summed E-state index contributed by atoms with van der Waals surface area (Å²) < 4.78 is 0. The van der Waals surface area contributed by atoms with Crippen LogP contribution in [0.4, 0.5) is 0 Å². The van der Waals surface area contributed by atoms with E-state index in [-0.39, 0.29) is 18.0 Å². The minimum absolute atomic E-state index is 0.0632. The molecule has 0 atom stereocenters. The summed E-state index contributed by atoms with van der Waals surface area (Å²) in [7, 11) is 0. The van der Waals surface area contributed by atoms with E-state index >= 15 is 0 Å². The second kappa shape index (κ2) is 14.0. The predicted molar refractivity (Wildman–Crippen MR) is 99.4 cm³/mol. The van der Waals surface area contributed by atoms with Gasteiger partial charge in [0.25, 0.3) is 0 Å². The minimum Gasteiger partial charge on any atom is -0.330 e. The van der Waals surface area contributed by atoms with Gasteiger partial charge in [-0.1, -0.05) is 13.5 Å². The van der Waals surface area contributed by atoms with Gasteiger partial charge in [0, 0.05) is 38.1 Å². The Hall–Kier alpha value is -1.37. The van der Waals surface area contributed by atoms with Gasteiger partial charge in [-0.15, -0.1) is 0 Å². The van der Waals surface area contributed by atoms with Crippen LogP contribution in [0.2, 0.25) is 0 Å². The second-order valence-corrected chi connectivity index (χ2v) is 6.12. The van der Waals surface area contributed by atoms with Crippen molar-refractivity contribution >= 4 is 17.3 Å². The smallest absolute Gasteiger partial charge is 0.159 e. The van der Waals surface area contributed by atoms with Crippen molar-refractivity contribution in [2.45, 2.75) is 51.9 Å². The molecule has 0 heterocycles. The molecule has 0 saturated carbocycles. The number of hydrogen-bond acceptors (Lipinski definition) is 6. The Morgan fingerprint density at radius 3 is 2.25 bits per heavy atom. The van der Waals surface area contributed by atoms with Crippen molar-refractivity contribution in [3.8, 4) is 0 Å². The Bertz CT molecular complexity index is 421. The molecule has 0 bridgehead atoms. The van der Waals surface area contributed by atoms with Gasteiger partial charge in [-0.25, -0.2) is 0 Å². The number of carbonyl (C=O) groups excluding carboxylic acids is 2. The van der Waals surface area contributed by atoms with Crippen molar-refractivity contribution in [1.82, 2.24) is 4.90 Å². The highest BCUT2D eigenvalue weighted by Crippen LogP contribution is 2.07. The van der Waals surface area contributed by atoms with Crippen LogP contribution in [0, 0.1) is 5.41 Å². The average Bonchev–Trinajstić information content (AvgIpc) is 2.54. The standard InChI is InChI=1S/C18H34N4O2/c1-3-11-22(12-7-17(23)14-16(21)6-10-20)13-8-18(24)15(2)5-4-9-19/h21H,2-14,19-20H2,1H3. The highest BCUT2D eigenvalue weighted by Gasteiger charge is 2.13. The molecule has 6 heteroatoms. The van der Waals surface area contributed by atoms with Gasteiger partial charge in [0.2, 0.25) is 0 Å². The van der Waals surface area contributed by atoms with Crippen molar-refractivity contribution in [3.05, 3.63) is 12.2 Å². The maximum Gasteiger partial charge on any atom is 0.159 e. The normalized spacial score (nSPS) is 10.8. The molecule has 24 heavy (non-hydrogen) atoms. The van der Waals surface area contributed by atoms with Gasteiger partial charge in [-0.2, -0.15) is 0 Å².